The molecule has 0 spiro atoms. The first-order chi connectivity index (χ1) is 10.2. The summed E-state index contributed by atoms with van der Waals surface area (Å²) >= 11 is 1.94. The number of hydrogen-bond acceptors (Lipinski definition) is 3. The van der Waals surface area contributed by atoms with E-state index in [4.69, 9.17) is 0 Å². The minimum absolute atomic E-state index is 0.791. The summed E-state index contributed by atoms with van der Waals surface area (Å²) in [5.41, 5.74) is 2.73. The van der Waals surface area contributed by atoms with Gasteiger partial charge < -0.3 is 5.32 Å². The van der Waals surface area contributed by atoms with Crippen molar-refractivity contribution in [1.29, 1.82) is 0 Å². The van der Waals surface area contributed by atoms with Crippen molar-refractivity contribution in [2.75, 3.05) is 7.05 Å². The first-order valence-corrected chi connectivity index (χ1v) is 8.56. The van der Waals surface area contributed by atoms with Gasteiger partial charge in [-0.2, -0.15) is 0 Å². The van der Waals surface area contributed by atoms with Crippen LogP contribution >= 0.6 is 11.3 Å². The molecule has 0 saturated heterocycles. The van der Waals surface area contributed by atoms with E-state index in [2.05, 4.69) is 60.6 Å². The minimum atomic E-state index is 0.791. The highest BCUT2D eigenvalue weighted by Gasteiger charge is 2.20. The lowest BCUT2D eigenvalue weighted by Crippen LogP contribution is -2.16. The second-order valence-corrected chi connectivity index (χ2v) is 7.44. The lowest BCUT2D eigenvalue weighted by molar-refractivity contribution is 0.322. The molecule has 1 aliphatic rings. The fourth-order valence-corrected chi connectivity index (χ4v) is 3.63. The van der Waals surface area contributed by atoms with Crippen LogP contribution in [0.1, 0.15) is 33.7 Å². The zero-order valence-electron chi connectivity index (χ0n) is 12.9. The number of hydrogen-bond donors (Lipinski definition) is 1. The molecule has 2 aromatic rings. The molecule has 21 heavy (non-hydrogen) atoms. The summed E-state index contributed by atoms with van der Waals surface area (Å²) < 4.78 is 0. The molecular formula is C18H24N2S. The molecule has 1 saturated carbocycles. The minimum Gasteiger partial charge on any atom is -0.309 e. The highest BCUT2D eigenvalue weighted by molar-refractivity contribution is 7.11. The van der Waals surface area contributed by atoms with Gasteiger partial charge in [0.05, 0.1) is 0 Å². The van der Waals surface area contributed by atoms with Crippen LogP contribution in [0.2, 0.25) is 0 Å². The van der Waals surface area contributed by atoms with E-state index in [0.29, 0.717) is 0 Å². The molecule has 0 bridgehead atoms. The maximum atomic E-state index is 3.58. The van der Waals surface area contributed by atoms with E-state index in [0.717, 1.165) is 25.7 Å². The molecule has 1 fully saturated rings. The van der Waals surface area contributed by atoms with Crippen molar-refractivity contribution < 1.29 is 0 Å². The lowest BCUT2D eigenvalue weighted by Gasteiger charge is -2.16. The van der Waals surface area contributed by atoms with E-state index in [9.17, 15) is 0 Å². The van der Waals surface area contributed by atoms with Crippen molar-refractivity contribution >= 4 is 11.3 Å². The van der Waals surface area contributed by atoms with Gasteiger partial charge in [-0.05, 0) is 44.5 Å². The molecule has 112 valence electrons. The van der Waals surface area contributed by atoms with Gasteiger partial charge in [-0.3, -0.25) is 4.90 Å². The third-order valence-corrected chi connectivity index (χ3v) is 4.89. The highest BCUT2D eigenvalue weighted by Crippen LogP contribution is 2.22. The third kappa shape index (κ3) is 4.67. The zero-order valence-corrected chi connectivity index (χ0v) is 13.7. The summed E-state index contributed by atoms with van der Waals surface area (Å²) in [4.78, 5) is 5.30. The molecule has 3 heteroatoms. The predicted octanol–water partition coefficient (Wildman–Crippen LogP) is 3.94. The van der Waals surface area contributed by atoms with Gasteiger partial charge in [0.2, 0.25) is 0 Å². The van der Waals surface area contributed by atoms with Gasteiger partial charge in [0.1, 0.15) is 0 Å². The summed E-state index contributed by atoms with van der Waals surface area (Å²) in [5.74, 6) is 0. The number of nitrogens with one attached hydrogen (secondary N) is 1. The molecule has 0 atom stereocenters. The second kappa shape index (κ2) is 6.73. The van der Waals surface area contributed by atoms with E-state index in [1.54, 1.807) is 0 Å². The Hall–Kier alpha value is -1.16. The molecule has 0 radical (unpaired) electrons. The molecule has 0 aliphatic heterocycles. The van der Waals surface area contributed by atoms with Crippen LogP contribution in [0.5, 0.6) is 0 Å². The van der Waals surface area contributed by atoms with Gasteiger partial charge >= 0.3 is 0 Å². The number of rotatable bonds is 7. The summed E-state index contributed by atoms with van der Waals surface area (Å²) in [6.45, 7) is 5.23. The summed E-state index contributed by atoms with van der Waals surface area (Å²) in [7, 11) is 2.20. The van der Waals surface area contributed by atoms with Crippen LogP contribution < -0.4 is 5.32 Å². The predicted molar refractivity (Wildman–Crippen MR) is 90.5 cm³/mol. The maximum absolute atomic E-state index is 3.58. The molecule has 1 aromatic heterocycles. The van der Waals surface area contributed by atoms with E-state index < -0.39 is 0 Å². The van der Waals surface area contributed by atoms with Gasteiger partial charge in [0.25, 0.3) is 0 Å². The molecule has 1 heterocycles. The van der Waals surface area contributed by atoms with Crippen molar-refractivity contribution in [2.45, 2.75) is 45.4 Å². The fraction of sp³-hybridized carbons (Fsp3) is 0.444. The first kappa shape index (κ1) is 14.8. The van der Waals surface area contributed by atoms with Crippen molar-refractivity contribution in [3.05, 3.63) is 57.3 Å². The number of nitrogens with zero attached hydrogens (tertiary/aromatic N) is 1. The monoisotopic (exact) mass is 300 g/mol. The van der Waals surface area contributed by atoms with E-state index in [1.807, 2.05) is 11.3 Å². The van der Waals surface area contributed by atoms with Crippen molar-refractivity contribution in [3.63, 3.8) is 0 Å². The standard InChI is InChI=1S/C18H24N2S/c1-14-4-3-5-15(10-14)12-20(2)13-18-9-8-17(21-18)11-19-16-6-7-16/h3-5,8-10,16,19H,6-7,11-13H2,1-2H3. The highest BCUT2D eigenvalue weighted by atomic mass is 32.1. The zero-order chi connectivity index (χ0) is 14.7. The molecule has 0 amide bonds. The van der Waals surface area contributed by atoms with Gasteiger partial charge in [0.15, 0.2) is 0 Å². The Balaban J connectivity index is 1.50. The Morgan fingerprint density at radius 3 is 2.71 bits per heavy atom. The first-order valence-electron chi connectivity index (χ1n) is 7.74. The van der Waals surface area contributed by atoms with Gasteiger partial charge in [-0.15, -0.1) is 11.3 Å². The Kier molecular flexibility index (Phi) is 4.73. The Bertz CT molecular complexity index is 586. The number of benzene rings is 1. The Morgan fingerprint density at radius 1 is 1.14 bits per heavy atom. The van der Waals surface area contributed by atoms with Gasteiger partial charge in [-0.25, -0.2) is 0 Å². The van der Waals surface area contributed by atoms with Crippen LogP contribution in [0, 0.1) is 6.92 Å². The summed E-state index contributed by atoms with van der Waals surface area (Å²) in [5, 5.41) is 3.58. The van der Waals surface area contributed by atoms with Crippen LogP contribution in [0.4, 0.5) is 0 Å². The van der Waals surface area contributed by atoms with Crippen LogP contribution in [0.25, 0.3) is 0 Å². The normalized spacial score (nSPS) is 14.8. The second-order valence-electron chi connectivity index (χ2n) is 6.18. The topological polar surface area (TPSA) is 15.3 Å². The van der Waals surface area contributed by atoms with E-state index in [-0.39, 0.29) is 0 Å². The van der Waals surface area contributed by atoms with Crippen LogP contribution in [0.15, 0.2) is 36.4 Å². The third-order valence-electron chi connectivity index (χ3n) is 3.82. The summed E-state index contributed by atoms with van der Waals surface area (Å²) in [6.07, 6.45) is 2.72. The van der Waals surface area contributed by atoms with Crippen LogP contribution in [0.3, 0.4) is 0 Å². The molecular weight excluding hydrogens is 276 g/mol. The molecule has 2 nitrogen and oxygen atoms in total. The van der Waals surface area contributed by atoms with E-state index >= 15 is 0 Å². The van der Waals surface area contributed by atoms with Gasteiger partial charge in [0, 0.05) is 35.4 Å². The van der Waals surface area contributed by atoms with Gasteiger partial charge in [-0.1, -0.05) is 29.8 Å². The fourth-order valence-electron chi connectivity index (χ4n) is 2.58. The molecule has 1 aromatic carbocycles. The lowest BCUT2D eigenvalue weighted by atomic mass is 10.1. The summed E-state index contributed by atoms with van der Waals surface area (Å²) in [6, 6.07) is 14.1. The average Bonchev–Trinajstić information content (AvgIpc) is 3.17. The number of aryl methyl sites for hydroxylation is 1. The Morgan fingerprint density at radius 2 is 1.95 bits per heavy atom. The van der Waals surface area contributed by atoms with Crippen molar-refractivity contribution in [3.8, 4) is 0 Å². The quantitative estimate of drug-likeness (QED) is 0.833. The van der Waals surface area contributed by atoms with Crippen molar-refractivity contribution in [2.24, 2.45) is 0 Å². The van der Waals surface area contributed by atoms with E-state index in [1.165, 1.54) is 33.7 Å². The average molecular weight is 300 g/mol. The maximum Gasteiger partial charge on any atom is 0.0328 e. The van der Waals surface area contributed by atoms with Crippen LogP contribution in [-0.2, 0) is 19.6 Å². The number of thiophene rings is 1. The molecule has 1 aliphatic carbocycles. The largest absolute Gasteiger partial charge is 0.309 e. The Labute approximate surface area is 131 Å². The van der Waals surface area contributed by atoms with Crippen LogP contribution in [-0.4, -0.2) is 18.0 Å². The molecule has 0 unspecified atom stereocenters. The SMILES string of the molecule is Cc1cccc(CN(C)Cc2ccc(CNC3CC3)s2)c1. The molecule has 3 rings (SSSR count). The molecule has 1 N–H and O–H groups in total. The van der Waals surface area contributed by atoms with Crippen molar-refractivity contribution in [1.82, 2.24) is 10.2 Å². The smallest absolute Gasteiger partial charge is 0.0328 e.